The quantitative estimate of drug-likeness (QED) is 0.599. The first-order chi connectivity index (χ1) is 13.0. The topological polar surface area (TPSA) is 49.9 Å². The Hall–Kier alpha value is -1.60. The molecule has 5 nitrogen and oxygen atoms in total. The van der Waals surface area contributed by atoms with Crippen LogP contribution < -0.4 is 0 Å². The number of rotatable bonds is 9. The van der Waals surface area contributed by atoms with Crippen molar-refractivity contribution in [2.45, 2.75) is 45.0 Å². The molecule has 1 saturated heterocycles. The van der Waals surface area contributed by atoms with Gasteiger partial charge in [-0.2, -0.15) is 0 Å². The molecule has 0 radical (unpaired) electrons. The van der Waals surface area contributed by atoms with Crippen molar-refractivity contribution >= 4 is 23.6 Å². The second kappa shape index (κ2) is 10.7. The van der Waals surface area contributed by atoms with Crippen LogP contribution >= 0.6 is 11.8 Å². The van der Waals surface area contributed by atoms with Crippen molar-refractivity contribution < 1.29 is 18.7 Å². The van der Waals surface area contributed by atoms with Crippen LogP contribution in [-0.2, 0) is 14.3 Å². The van der Waals surface area contributed by atoms with Crippen molar-refractivity contribution in [3.05, 3.63) is 35.6 Å². The predicted octanol–water partition coefficient (Wildman–Crippen LogP) is 3.45. The Morgan fingerprint density at radius 3 is 2.67 bits per heavy atom. The Morgan fingerprint density at radius 1 is 1.33 bits per heavy atom. The molecule has 0 saturated carbocycles. The van der Waals surface area contributed by atoms with Gasteiger partial charge >= 0.3 is 5.97 Å². The molecule has 0 aliphatic carbocycles. The number of nitrogens with zero attached hydrogens (tertiary/aromatic N) is 2. The van der Waals surface area contributed by atoms with E-state index in [1.807, 2.05) is 9.80 Å². The molecule has 1 heterocycles. The standard InChI is InChI=1S/C20H29FN2O3S/c1-4-6-11-22(15(3)20(25)26-5-2)14-18(24)23-12-13-27-19(23)16-7-9-17(21)10-8-16/h7-10,15,19H,4-6,11-14H2,1-3H3/t15-,19+/m0/s1. The van der Waals surface area contributed by atoms with E-state index in [4.69, 9.17) is 4.74 Å². The first-order valence-corrected chi connectivity index (χ1v) is 10.6. The SMILES string of the molecule is CCCCN(CC(=O)N1CCS[C@@H]1c1ccc(F)cc1)[C@@H](C)C(=O)OCC. The molecule has 0 N–H and O–H groups in total. The summed E-state index contributed by atoms with van der Waals surface area (Å²) < 4.78 is 18.3. The summed E-state index contributed by atoms with van der Waals surface area (Å²) in [5.41, 5.74) is 0.922. The van der Waals surface area contributed by atoms with E-state index in [2.05, 4.69) is 6.92 Å². The molecule has 2 atom stereocenters. The van der Waals surface area contributed by atoms with E-state index in [1.54, 1.807) is 37.7 Å². The Labute approximate surface area is 165 Å². The highest BCUT2D eigenvalue weighted by atomic mass is 32.2. The highest BCUT2D eigenvalue weighted by Crippen LogP contribution is 2.38. The van der Waals surface area contributed by atoms with Gasteiger partial charge in [-0.15, -0.1) is 11.8 Å². The first kappa shape index (κ1) is 21.7. The Balaban J connectivity index is 2.08. The number of amides is 1. The molecule has 1 fully saturated rings. The van der Waals surface area contributed by atoms with E-state index < -0.39 is 6.04 Å². The molecule has 0 bridgehead atoms. The monoisotopic (exact) mass is 396 g/mol. The van der Waals surface area contributed by atoms with Gasteiger partial charge in [0.15, 0.2) is 0 Å². The zero-order valence-corrected chi connectivity index (χ0v) is 17.1. The van der Waals surface area contributed by atoms with Crippen LogP contribution in [0, 0.1) is 5.82 Å². The minimum absolute atomic E-state index is 0.0124. The van der Waals surface area contributed by atoms with E-state index in [-0.39, 0.29) is 29.6 Å². The van der Waals surface area contributed by atoms with E-state index in [0.29, 0.717) is 19.7 Å². The van der Waals surface area contributed by atoms with Gasteiger partial charge in [0.05, 0.1) is 13.2 Å². The van der Waals surface area contributed by atoms with Gasteiger partial charge in [-0.05, 0) is 44.5 Å². The van der Waals surface area contributed by atoms with Gasteiger partial charge in [0.25, 0.3) is 0 Å². The Bertz CT molecular complexity index is 626. The third-order valence-electron chi connectivity index (χ3n) is 4.68. The lowest BCUT2D eigenvalue weighted by Crippen LogP contribution is -2.47. The van der Waals surface area contributed by atoms with E-state index in [1.165, 1.54) is 12.1 Å². The van der Waals surface area contributed by atoms with Crippen LogP contribution in [0.2, 0.25) is 0 Å². The van der Waals surface area contributed by atoms with E-state index in [9.17, 15) is 14.0 Å². The fraction of sp³-hybridized carbons (Fsp3) is 0.600. The van der Waals surface area contributed by atoms with Crippen molar-refractivity contribution in [2.24, 2.45) is 0 Å². The molecule has 1 aromatic carbocycles. The van der Waals surface area contributed by atoms with Gasteiger partial charge in [-0.25, -0.2) is 4.39 Å². The van der Waals surface area contributed by atoms with Crippen molar-refractivity contribution in [3.8, 4) is 0 Å². The number of unbranched alkanes of at least 4 members (excludes halogenated alkanes) is 1. The molecule has 27 heavy (non-hydrogen) atoms. The van der Waals surface area contributed by atoms with Gasteiger partial charge in [0.1, 0.15) is 17.2 Å². The van der Waals surface area contributed by atoms with Crippen LogP contribution in [0.5, 0.6) is 0 Å². The number of carbonyl (C=O) groups is 2. The normalized spacial score (nSPS) is 18.0. The number of thioether (sulfide) groups is 1. The van der Waals surface area contributed by atoms with E-state index >= 15 is 0 Å². The molecule has 1 aliphatic heterocycles. The van der Waals surface area contributed by atoms with Crippen LogP contribution in [0.15, 0.2) is 24.3 Å². The summed E-state index contributed by atoms with van der Waals surface area (Å²) in [6.45, 7) is 7.48. The lowest BCUT2D eigenvalue weighted by atomic mass is 10.2. The molecule has 0 spiro atoms. The highest BCUT2D eigenvalue weighted by Gasteiger charge is 2.33. The van der Waals surface area contributed by atoms with Crippen LogP contribution in [0.25, 0.3) is 0 Å². The molecule has 0 unspecified atom stereocenters. The maximum atomic E-state index is 13.2. The van der Waals surface area contributed by atoms with Gasteiger partial charge in [-0.1, -0.05) is 25.5 Å². The van der Waals surface area contributed by atoms with Crippen LogP contribution in [-0.4, -0.2) is 59.7 Å². The highest BCUT2D eigenvalue weighted by molar-refractivity contribution is 7.99. The molecule has 1 amide bonds. The Morgan fingerprint density at radius 2 is 2.04 bits per heavy atom. The van der Waals surface area contributed by atoms with Crippen LogP contribution in [0.1, 0.15) is 44.6 Å². The lowest BCUT2D eigenvalue weighted by molar-refractivity contribution is -0.150. The van der Waals surface area contributed by atoms with Crippen molar-refractivity contribution in [1.82, 2.24) is 9.80 Å². The van der Waals surface area contributed by atoms with Crippen molar-refractivity contribution in [3.63, 3.8) is 0 Å². The van der Waals surface area contributed by atoms with Gasteiger partial charge in [-0.3, -0.25) is 14.5 Å². The van der Waals surface area contributed by atoms with Crippen molar-refractivity contribution in [1.29, 1.82) is 0 Å². The maximum absolute atomic E-state index is 13.2. The number of esters is 1. The van der Waals surface area contributed by atoms with Crippen LogP contribution in [0.3, 0.4) is 0 Å². The summed E-state index contributed by atoms with van der Waals surface area (Å²) in [6, 6.07) is 5.85. The average Bonchev–Trinajstić information content (AvgIpc) is 3.15. The summed E-state index contributed by atoms with van der Waals surface area (Å²) in [4.78, 5) is 28.9. The summed E-state index contributed by atoms with van der Waals surface area (Å²) in [5, 5.41) is -0.107. The largest absolute Gasteiger partial charge is 0.465 e. The Kier molecular flexibility index (Phi) is 8.57. The zero-order chi connectivity index (χ0) is 19.8. The zero-order valence-electron chi connectivity index (χ0n) is 16.3. The van der Waals surface area contributed by atoms with Crippen molar-refractivity contribution in [2.75, 3.05) is 32.0 Å². The fourth-order valence-electron chi connectivity index (χ4n) is 3.08. The summed E-state index contributed by atoms with van der Waals surface area (Å²) >= 11 is 1.68. The third-order valence-corrected chi connectivity index (χ3v) is 5.94. The van der Waals surface area contributed by atoms with E-state index in [0.717, 1.165) is 24.2 Å². The second-order valence-electron chi connectivity index (χ2n) is 6.61. The molecular formula is C20H29FN2O3S. The number of hydrogen-bond donors (Lipinski definition) is 0. The molecular weight excluding hydrogens is 367 g/mol. The summed E-state index contributed by atoms with van der Waals surface area (Å²) in [5.74, 6) is 0.249. The molecule has 1 aliphatic rings. The molecule has 1 aromatic rings. The smallest absolute Gasteiger partial charge is 0.323 e. The predicted molar refractivity (Wildman–Crippen MR) is 106 cm³/mol. The number of benzene rings is 1. The minimum Gasteiger partial charge on any atom is -0.465 e. The molecule has 150 valence electrons. The summed E-state index contributed by atoms with van der Waals surface area (Å²) in [7, 11) is 0. The van der Waals surface area contributed by atoms with Crippen LogP contribution in [0.4, 0.5) is 4.39 Å². The number of ether oxygens (including phenoxy) is 1. The average molecular weight is 397 g/mol. The van der Waals surface area contributed by atoms with Gasteiger partial charge in [0, 0.05) is 12.3 Å². The molecule has 2 rings (SSSR count). The number of hydrogen-bond acceptors (Lipinski definition) is 5. The summed E-state index contributed by atoms with van der Waals surface area (Å²) in [6.07, 6.45) is 1.89. The molecule has 7 heteroatoms. The maximum Gasteiger partial charge on any atom is 0.323 e. The number of carbonyl (C=O) groups excluding carboxylic acids is 2. The van der Waals surface area contributed by atoms with Gasteiger partial charge in [0.2, 0.25) is 5.91 Å². The second-order valence-corrected chi connectivity index (χ2v) is 7.80. The first-order valence-electron chi connectivity index (χ1n) is 9.55. The fourth-order valence-corrected chi connectivity index (χ4v) is 4.35. The molecule has 0 aromatic heterocycles. The van der Waals surface area contributed by atoms with Gasteiger partial charge < -0.3 is 9.64 Å². The lowest BCUT2D eigenvalue weighted by Gasteiger charge is -2.31. The third kappa shape index (κ3) is 5.94. The minimum atomic E-state index is -0.458. The number of halogens is 1.